The fraction of sp³-hybridized carbons (Fsp3) is 0.455. The highest BCUT2D eigenvalue weighted by molar-refractivity contribution is 6.31. The highest BCUT2D eigenvalue weighted by Gasteiger charge is 2.12. The number of unbranched alkanes of at least 4 members (excludes halogenated alkanes) is 3. The van der Waals surface area contributed by atoms with Gasteiger partial charge in [-0.15, -0.1) is 0 Å². The van der Waals surface area contributed by atoms with Gasteiger partial charge in [-0.25, -0.2) is 0 Å². The SMILES string of the molecule is CCCCCCNCc1cc(OCC)c(OCc2ccccc2Cl)cc1Cl. The van der Waals surface area contributed by atoms with Crippen LogP contribution in [0.15, 0.2) is 36.4 Å². The average molecular weight is 410 g/mol. The molecule has 0 heterocycles. The van der Waals surface area contributed by atoms with E-state index >= 15 is 0 Å². The van der Waals surface area contributed by atoms with Crippen LogP contribution in [0.5, 0.6) is 11.5 Å². The molecule has 0 aliphatic rings. The van der Waals surface area contributed by atoms with Crippen LogP contribution in [-0.2, 0) is 13.2 Å². The van der Waals surface area contributed by atoms with E-state index in [9.17, 15) is 0 Å². The third-order valence-corrected chi connectivity index (χ3v) is 5.00. The van der Waals surface area contributed by atoms with Crippen LogP contribution in [0.25, 0.3) is 0 Å². The summed E-state index contributed by atoms with van der Waals surface area (Å²) >= 11 is 12.7. The minimum Gasteiger partial charge on any atom is -0.490 e. The van der Waals surface area contributed by atoms with E-state index in [0.29, 0.717) is 34.8 Å². The normalized spacial score (nSPS) is 10.8. The first-order valence-electron chi connectivity index (χ1n) is 9.67. The summed E-state index contributed by atoms with van der Waals surface area (Å²) in [5.41, 5.74) is 1.94. The van der Waals surface area contributed by atoms with Gasteiger partial charge in [-0.2, -0.15) is 0 Å². The van der Waals surface area contributed by atoms with Crippen LogP contribution in [0.4, 0.5) is 0 Å². The van der Waals surface area contributed by atoms with Gasteiger partial charge in [0.2, 0.25) is 0 Å². The molecule has 2 rings (SSSR count). The predicted molar refractivity (Wildman–Crippen MR) is 114 cm³/mol. The Kier molecular flexibility index (Phi) is 9.82. The first kappa shape index (κ1) is 21.9. The van der Waals surface area contributed by atoms with Gasteiger partial charge in [0.25, 0.3) is 0 Å². The quantitative estimate of drug-likeness (QED) is 0.398. The highest BCUT2D eigenvalue weighted by Crippen LogP contribution is 2.34. The summed E-state index contributed by atoms with van der Waals surface area (Å²) in [6.45, 7) is 6.82. The molecule has 0 amide bonds. The van der Waals surface area contributed by atoms with Crippen LogP contribution in [0.1, 0.15) is 50.7 Å². The van der Waals surface area contributed by atoms with E-state index in [0.717, 1.165) is 24.2 Å². The van der Waals surface area contributed by atoms with Crippen molar-refractivity contribution in [3.8, 4) is 11.5 Å². The van der Waals surface area contributed by atoms with Crippen molar-refractivity contribution in [1.82, 2.24) is 5.32 Å². The number of halogens is 2. The van der Waals surface area contributed by atoms with Crippen LogP contribution in [0, 0.1) is 0 Å². The lowest BCUT2D eigenvalue weighted by Crippen LogP contribution is -2.15. The lowest BCUT2D eigenvalue weighted by Gasteiger charge is -2.16. The molecule has 2 aromatic rings. The van der Waals surface area contributed by atoms with Crippen molar-refractivity contribution in [2.24, 2.45) is 0 Å². The molecular weight excluding hydrogens is 381 g/mol. The summed E-state index contributed by atoms with van der Waals surface area (Å²) in [5, 5.41) is 4.82. The molecule has 0 fully saturated rings. The van der Waals surface area contributed by atoms with Gasteiger partial charge in [0.15, 0.2) is 11.5 Å². The molecule has 3 nitrogen and oxygen atoms in total. The molecule has 148 valence electrons. The maximum absolute atomic E-state index is 6.48. The molecule has 0 atom stereocenters. The van der Waals surface area contributed by atoms with Crippen molar-refractivity contribution < 1.29 is 9.47 Å². The second-order valence-electron chi connectivity index (χ2n) is 6.44. The zero-order valence-corrected chi connectivity index (χ0v) is 17.7. The Morgan fingerprint density at radius 3 is 2.37 bits per heavy atom. The second kappa shape index (κ2) is 12.1. The number of ether oxygens (including phenoxy) is 2. The molecule has 0 spiro atoms. The average Bonchev–Trinajstić information content (AvgIpc) is 2.66. The molecule has 1 N–H and O–H groups in total. The Labute approximate surface area is 173 Å². The van der Waals surface area contributed by atoms with Gasteiger partial charge in [-0.3, -0.25) is 0 Å². The summed E-state index contributed by atoms with van der Waals surface area (Å²) in [4.78, 5) is 0. The Balaban J connectivity index is 2.00. The first-order chi connectivity index (χ1) is 13.2. The first-order valence-corrected chi connectivity index (χ1v) is 10.4. The van der Waals surface area contributed by atoms with Crippen molar-refractivity contribution in [2.45, 2.75) is 52.7 Å². The number of benzene rings is 2. The number of nitrogens with one attached hydrogen (secondary N) is 1. The van der Waals surface area contributed by atoms with Crippen molar-refractivity contribution in [1.29, 1.82) is 0 Å². The summed E-state index contributed by atoms with van der Waals surface area (Å²) in [5.74, 6) is 1.34. The van der Waals surface area contributed by atoms with Gasteiger partial charge >= 0.3 is 0 Å². The molecule has 0 saturated carbocycles. The number of hydrogen-bond donors (Lipinski definition) is 1. The van der Waals surface area contributed by atoms with Gasteiger partial charge in [0.05, 0.1) is 6.61 Å². The molecule has 0 saturated heterocycles. The van der Waals surface area contributed by atoms with E-state index in [1.165, 1.54) is 25.7 Å². The lowest BCUT2D eigenvalue weighted by molar-refractivity contribution is 0.269. The van der Waals surface area contributed by atoms with E-state index in [1.807, 2.05) is 43.3 Å². The summed E-state index contributed by atoms with van der Waals surface area (Å²) in [6, 6.07) is 11.4. The largest absolute Gasteiger partial charge is 0.490 e. The van der Waals surface area contributed by atoms with E-state index in [-0.39, 0.29) is 0 Å². The molecule has 5 heteroatoms. The van der Waals surface area contributed by atoms with Gasteiger partial charge in [-0.1, -0.05) is 67.6 Å². The topological polar surface area (TPSA) is 30.5 Å². The van der Waals surface area contributed by atoms with Crippen LogP contribution in [-0.4, -0.2) is 13.2 Å². The van der Waals surface area contributed by atoms with E-state index in [2.05, 4.69) is 12.2 Å². The minimum atomic E-state index is 0.366. The molecule has 0 unspecified atom stereocenters. The molecule has 0 aliphatic heterocycles. The van der Waals surface area contributed by atoms with Gasteiger partial charge in [-0.05, 0) is 37.6 Å². The summed E-state index contributed by atoms with van der Waals surface area (Å²) in [7, 11) is 0. The number of hydrogen-bond acceptors (Lipinski definition) is 3. The van der Waals surface area contributed by atoms with Crippen molar-refractivity contribution in [3.63, 3.8) is 0 Å². The fourth-order valence-corrected chi connectivity index (χ4v) is 3.18. The zero-order chi connectivity index (χ0) is 19.5. The van der Waals surface area contributed by atoms with Crippen LogP contribution >= 0.6 is 23.2 Å². The fourth-order valence-electron chi connectivity index (χ4n) is 2.76. The second-order valence-corrected chi connectivity index (χ2v) is 7.26. The Bertz CT molecular complexity index is 707. The molecule has 27 heavy (non-hydrogen) atoms. The summed E-state index contributed by atoms with van der Waals surface area (Å²) < 4.78 is 11.7. The van der Waals surface area contributed by atoms with E-state index in [1.54, 1.807) is 0 Å². The highest BCUT2D eigenvalue weighted by atomic mass is 35.5. The van der Waals surface area contributed by atoms with Gasteiger partial charge < -0.3 is 14.8 Å². The molecule has 0 aromatic heterocycles. The number of rotatable bonds is 12. The van der Waals surface area contributed by atoms with E-state index in [4.69, 9.17) is 32.7 Å². The van der Waals surface area contributed by atoms with Crippen LogP contribution in [0.2, 0.25) is 10.0 Å². The minimum absolute atomic E-state index is 0.366. The Morgan fingerprint density at radius 2 is 1.63 bits per heavy atom. The van der Waals surface area contributed by atoms with Crippen LogP contribution < -0.4 is 14.8 Å². The molecule has 0 bridgehead atoms. The zero-order valence-electron chi connectivity index (χ0n) is 16.2. The molecule has 0 radical (unpaired) electrons. The third kappa shape index (κ3) is 7.25. The van der Waals surface area contributed by atoms with Crippen molar-refractivity contribution >= 4 is 23.2 Å². The standard InChI is InChI=1S/C22H29Cl2NO2/c1-3-5-6-9-12-25-15-18-13-21(26-4-2)22(14-20(18)24)27-16-17-10-7-8-11-19(17)23/h7-8,10-11,13-14,25H,3-6,9,12,15-16H2,1-2H3. The smallest absolute Gasteiger partial charge is 0.163 e. The van der Waals surface area contributed by atoms with Gasteiger partial charge in [0.1, 0.15) is 6.61 Å². The Morgan fingerprint density at radius 1 is 0.852 bits per heavy atom. The lowest BCUT2D eigenvalue weighted by atomic mass is 10.1. The monoisotopic (exact) mass is 409 g/mol. The van der Waals surface area contributed by atoms with Gasteiger partial charge in [0, 0.05) is 28.2 Å². The maximum Gasteiger partial charge on any atom is 0.163 e. The van der Waals surface area contributed by atoms with Crippen LogP contribution in [0.3, 0.4) is 0 Å². The Hall–Kier alpha value is -1.42. The van der Waals surface area contributed by atoms with E-state index < -0.39 is 0 Å². The maximum atomic E-state index is 6.48. The molecule has 2 aromatic carbocycles. The summed E-state index contributed by atoms with van der Waals surface area (Å²) in [6.07, 6.45) is 4.98. The van der Waals surface area contributed by atoms with Crippen molar-refractivity contribution in [2.75, 3.05) is 13.2 Å². The predicted octanol–water partition coefficient (Wildman–Crippen LogP) is 6.64. The third-order valence-electron chi connectivity index (χ3n) is 4.28. The molecule has 0 aliphatic carbocycles. The molecular formula is C22H29Cl2NO2. The van der Waals surface area contributed by atoms with Crippen molar-refractivity contribution in [3.05, 3.63) is 57.6 Å².